The van der Waals surface area contributed by atoms with E-state index in [4.69, 9.17) is 4.74 Å². The summed E-state index contributed by atoms with van der Waals surface area (Å²) in [6.45, 7) is 2.04. The summed E-state index contributed by atoms with van der Waals surface area (Å²) in [5.41, 5.74) is 5.39. The molecule has 0 spiro atoms. The Morgan fingerprint density at radius 1 is 1.08 bits per heavy atom. The highest BCUT2D eigenvalue weighted by molar-refractivity contribution is 7.14. The molecule has 0 unspecified atom stereocenters. The normalized spacial score (nSPS) is 10.5. The van der Waals surface area contributed by atoms with Crippen LogP contribution in [0.4, 0.5) is 16.5 Å². The van der Waals surface area contributed by atoms with Crippen LogP contribution in [0.5, 0.6) is 5.75 Å². The molecule has 0 radical (unpaired) electrons. The lowest BCUT2D eigenvalue weighted by atomic mass is 10.1. The predicted octanol–water partition coefficient (Wildman–Crippen LogP) is 4.94. The van der Waals surface area contributed by atoms with Crippen molar-refractivity contribution in [3.8, 4) is 17.0 Å². The van der Waals surface area contributed by atoms with Gasteiger partial charge in [-0.1, -0.05) is 0 Å². The number of methoxy groups -OCH3 is 1. The van der Waals surface area contributed by atoms with Crippen LogP contribution in [0.3, 0.4) is 0 Å². The van der Waals surface area contributed by atoms with Crippen molar-refractivity contribution in [1.82, 2.24) is 4.98 Å². The van der Waals surface area contributed by atoms with Crippen LogP contribution in [0.25, 0.3) is 11.3 Å². The van der Waals surface area contributed by atoms with Gasteiger partial charge in [0.15, 0.2) is 5.13 Å². The van der Waals surface area contributed by atoms with Crippen LogP contribution in [0, 0.1) is 6.92 Å². The molecule has 4 nitrogen and oxygen atoms in total. The average Bonchev–Trinajstić information content (AvgIpc) is 3.04. The van der Waals surface area contributed by atoms with Crippen LogP contribution in [0.2, 0.25) is 0 Å². The highest BCUT2D eigenvalue weighted by Crippen LogP contribution is 2.30. The van der Waals surface area contributed by atoms with Gasteiger partial charge >= 0.3 is 0 Å². The molecule has 3 aromatic rings. The van der Waals surface area contributed by atoms with E-state index in [2.05, 4.69) is 50.9 Å². The first-order valence-electron chi connectivity index (χ1n) is 7.72. The maximum atomic E-state index is 5.31. The molecule has 2 aromatic carbocycles. The Bertz CT molecular complexity index is 825. The summed E-state index contributed by atoms with van der Waals surface area (Å²) >= 11 is 1.60. The number of hydrogen-bond acceptors (Lipinski definition) is 5. The number of benzene rings is 2. The topological polar surface area (TPSA) is 37.4 Å². The molecule has 0 aliphatic carbocycles. The van der Waals surface area contributed by atoms with Crippen molar-refractivity contribution in [1.29, 1.82) is 0 Å². The Morgan fingerprint density at radius 3 is 2.46 bits per heavy atom. The molecule has 1 N–H and O–H groups in total. The first-order valence-corrected chi connectivity index (χ1v) is 8.60. The lowest BCUT2D eigenvalue weighted by Crippen LogP contribution is -2.08. The maximum Gasteiger partial charge on any atom is 0.187 e. The largest absolute Gasteiger partial charge is 0.496 e. The molecule has 0 fully saturated rings. The number of rotatable bonds is 5. The van der Waals surface area contributed by atoms with Crippen LogP contribution < -0.4 is 15.0 Å². The Kier molecular flexibility index (Phi) is 4.71. The van der Waals surface area contributed by atoms with Gasteiger partial charge in [-0.15, -0.1) is 11.3 Å². The highest BCUT2D eigenvalue weighted by Gasteiger charge is 2.07. The van der Waals surface area contributed by atoms with Crippen molar-refractivity contribution >= 4 is 27.8 Å². The summed E-state index contributed by atoms with van der Waals surface area (Å²) in [6.07, 6.45) is 0. The first kappa shape index (κ1) is 16.3. The third kappa shape index (κ3) is 3.51. The van der Waals surface area contributed by atoms with E-state index in [0.29, 0.717) is 0 Å². The van der Waals surface area contributed by atoms with E-state index >= 15 is 0 Å². The van der Waals surface area contributed by atoms with Crippen molar-refractivity contribution in [3.05, 3.63) is 53.4 Å². The van der Waals surface area contributed by atoms with E-state index in [1.54, 1.807) is 18.4 Å². The smallest absolute Gasteiger partial charge is 0.187 e. The van der Waals surface area contributed by atoms with Gasteiger partial charge in [-0.2, -0.15) is 0 Å². The van der Waals surface area contributed by atoms with Gasteiger partial charge in [0.05, 0.1) is 12.8 Å². The molecule has 124 valence electrons. The number of aryl methyl sites for hydroxylation is 1. The zero-order chi connectivity index (χ0) is 17.1. The van der Waals surface area contributed by atoms with E-state index in [0.717, 1.165) is 33.4 Å². The van der Waals surface area contributed by atoms with Crippen molar-refractivity contribution < 1.29 is 4.74 Å². The summed E-state index contributed by atoms with van der Waals surface area (Å²) in [5, 5.41) is 6.31. The second-order valence-corrected chi connectivity index (χ2v) is 6.65. The van der Waals surface area contributed by atoms with Gasteiger partial charge < -0.3 is 15.0 Å². The SMILES string of the molecule is COc1ccc(-c2csc(Nc3ccc(N(C)C)cc3)n2)cc1C. The van der Waals surface area contributed by atoms with E-state index in [1.807, 2.05) is 33.2 Å². The lowest BCUT2D eigenvalue weighted by Gasteiger charge is -2.12. The third-order valence-electron chi connectivity index (χ3n) is 3.83. The molecule has 0 bridgehead atoms. The molecule has 0 atom stereocenters. The second-order valence-electron chi connectivity index (χ2n) is 5.79. The Labute approximate surface area is 146 Å². The van der Waals surface area contributed by atoms with Gasteiger partial charge in [0.25, 0.3) is 0 Å². The molecular weight excluding hydrogens is 318 g/mol. The van der Waals surface area contributed by atoms with Crippen LogP contribution in [-0.2, 0) is 0 Å². The lowest BCUT2D eigenvalue weighted by molar-refractivity contribution is 0.412. The quantitative estimate of drug-likeness (QED) is 0.715. The molecule has 0 amide bonds. The van der Waals surface area contributed by atoms with Gasteiger partial charge in [-0.3, -0.25) is 0 Å². The molecule has 0 saturated carbocycles. The van der Waals surface area contributed by atoms with Crippen LogP contribution in [-0.4, -0.2) is 26.2 Å². The van der Waals surface area contributed by atoms with Gasteiger partial charge in [-0.25, -0.2) is 4.98 Å². The molecule has 24 heavy (non-hydrogen) atoms. The van der Waals surface area contributed by atoms with Crippen LogP contribution in [0.1, 0.15) is 5.56 Å². The minimum absolute atomic E-state index is 0.885. The zero-order valence-electron chi connectivity index (χ0n) is 14.3. The number of aromatic nitrogens is 1. The summed E-state index contributed by atoms with van der Waals surface area (Å²) in [4.78, 5) is 6.77. The Morgan fingerprint density at radius 2 is 1.83 bits per heavy atom. The Hall–Kier alpha value is -2.53. The van der Waals surface area contributed by atoms with Gasteiger partial charge in [0, 0.05) is 36.4 Å². The summed E-state index contributed by atoms with van der Waals surface area (Å²) in [7, 11) is 5.76. The monoisotopic (exact) mass is 339 g/mol. The fraction of sp³-hybridized carbons (Fsp3) is 0.211. The molecule has 3 rings (SSSR count). The van der Waals surface area contributed by atoms with E-state index < -0.39 is 0 Å². The van der Waals surface area contributed by atoms with Crippen LogP contribution >= 0.6 is 11.3 Å². The second kappa shape index (κ2) is 6.93. The van der Waals surface area contributed by atoms with Crippen molar-refractivity contribution in [2.75, 3.05) is 31.4 Å². The van der Waals surface area contributed by atoms with Gasteiger partial charge in [-0.05, 0) is 55.0 Å². The number of hydrogen-bond donors (Lipinski definition) is 1. The van der Waals surface area contributed by atoms with Crippen molar-refractivity contribution in [3.63, 3.8) is 0 Å². The highest BCUT2D eigenvalue weighted by atomic mass is 32.1. The first-order chi connectivity index (χ1) is 11.6. The van der Waals surface area contributed by atoms with Gasteiger partial charge in [0.1, 0.15) is 5.75 Å². The fourth-order valence-corrected chi connectivity index (χ4v) is 3.21. The minimum atomic E-state index is 0.885. The number of ether oxygens (including phenoxy) is 1. The van der Waals surface area contributed by atoms with Crippen molar-refractivity contribution in [2.24, 2.45) is 0 Å². The zero-order valence-corrected chi connectivity index (χ0v) is 15.1. The predicted molar refractivity (Wildman–Crippen MR) is 103 cm³/mol. The molecule has 1 aromatic heterocycles. The number of nitrogens with one attached hydrogen (secondary N) is 1. The Balaban J connectivity index is 1.77. The summed E-state index contributed by atoms with van der Waals surface area (Å²) < 4.78 is 5.31. The van der Waals surface area contributed by atoms with Crippen LogP contribution in [0.15, 0.2) is 47.8 Å². The van der Waals surface area contributed by atoms with Crippen molar-refractivity contribution in [2.45, 2.75) is 6.92 Å². The molecule has 0 aliphatic heterocycles. The van der Waals surface area contributed by atoms with E-state index in [1.165, 1.54) is 5.69 Å². The summed E-state index contributed by atoms with van der Waals surface area (Å²) in [5.74, 6) is 0.897. The molecule has 0 saturated heterocycles. The molecule has 1 heterocycles. The molecular formula is C19H21N3OS. The number of nitrogens with zero attached hydrogens (tertiary/aromatic N) is 2. The summed E-state index contributed by atoms with van der Waals surface area (Å²) in [6, 6.07) is 14.4. The number of anilines is 3. The maximum absolute atomic E-state index is 5.31. The third-order valence-corrected chi connectivity index (χ3v) is 4.59. The van der Waals surface area contributed by atoms with E-state index in [9.17, 15) is 0 Å². The number of thiazole rings is 1. The van der Waals surface area contributed by atoms with E-state index in [-0.39, 0.29) is 0 Å². The molecule has 5 heteroatoms. The molecule has 0 aliphatic rings. The minimum Gasteiger partial charge on any atom is -0.496 e. The average molecular weight is 339 g/mol. The van der Waals surface area contributed by atoms with Gasteiger partial charge in [0.2, 0.25) is 0 Å². The fourth-order valence-electron chi connectivity index (χ4n) is 2.47. The standard InChI is InChI=1S/C19H21N3OS/c1-13-11-14(5-10-18(13)23-4)17-12-24-19(21-17)20-15-6-8-16(9-7-15)22(2)3/h5-12H,1-4H3,(H,20,21).